The maximum absolute atomic E-state index is 13.8. The first kappa shape index (κ1) is 27.3. The highest BCUT2D eigenvalue weighted by atomic mass is 127. The van der Waals surface area contributed by atoms with Crippen molar-refractivity contribution < 1.29 is 12.8 Å². The van der Waals surface area contributed by atoms with Crippen molar-refractivity contribution in [2.75, 3.05) is 14.1 Å². The topological polar surface area (TPSA) is 73.8 Å². The molecule has 0 spiro atoms. The Kier molecular flexibility index (Phi) is 10.4. The van der Waals surface area contributed by atoms with Crippen molar-refractivity contribution in [1.82, 2.24) is 14.9 Å². The van der Waals surface area contributed by atoms with Crippen molar-refractivity contribution in [3.05, 3.63) is 65.0 Å². The highest BCUT2D eigenvalue weighted by Gasteiger charge is 2.22. The number of hydrogen-bond donors (Lipinski definition) is 2. The minimum Gasteiger partial charge on any atom is -0.352 e. The van der Waals surface area contributed by atoms with Crippen LogP contribution in [-0.4, -0.2) is 38.8 Å². The molecule has 2 N–H and O–H groups in total. The minimum atomic E-state index is -3.50. The molecule has 0 aliphatic heterocycles. The average molecular weight is 562 g/mol. The number of guanidine groups is 1. The number of nitrogens with zero attached hydrogens (tertiary/aromatic N) is 2. The molecule has 1 unspecified atom stereocenters. The molecule has 2 rings (SSSR count). The molecule has 0 radical (unpaired) electrons. The first-order chi connectivity index (χ1) is 14.1. The second kappa shape index (κ2) is 11.8. The Bertz CT molecular complexity index is 995. The number of rotatable bonds is 7. The van der Waals surface area contributed by atoms with Crippen LogP contribution in [0.15, 0.2) is 52.4 Å². The van der Waals surface area contributed by atoms with Gasteiger partial charge in [-0.1, -0.05) is 24.3 Å². The smallest absolute Gasteiger partial charge is 0.243 e. The third-order valence-electron chi connectivity index (χ3n) is 5.06. The largest absolute Gasteiger partial charge is 0.352 e. The van der Waals surface area contributed by atoms with Crippen LogP contribution in [0.4, 0.5) is 4.39 Å². The van der Waals surface area contributed by atoms with Gasteiger partial charge >= 0.3 is 0 Å². The summed E-state index contributed by atoms with van der Waals surface area (Å²) in [6.45, 7) is 7.80. The van der Waals surface area contributed by atoms with Crippen molar-refractivity contribution in [2.45, 2.75) is 51.2 Å². The standard InChI is InChI=1S/C22H31FN4O2S.HI/c1-15(2)27(6)30(28,29)20-11-8-18(9-12-20)14-25-22(24-5)26-17(4)19-10-7-16(3)21(23)13-19;/h7-13,15,17H,14H2,1-6H3,(H2,24,25,26);1H. The molecule has 0 saturated carbocycles. The number of hydrogen-bond acceptors (Lipinski definition) is 3. The second-order valence-electron chi connectivity index (χ2n) is 7.56. The summed E-state index contributed by atoms with van der Waals surface area (Å²) >= 11 is 0. The van der Waals surface area contributed by atoms with E-state index in [0.29, 0.717) is 18.1 Å². The lowest BCUT2D eigenvalue weighted by Gasteiger charge is -2.21. The quantitative estimate of drug-likeness (QED) is 0.302. The summed E-state index contributed by atoms with van der Waals surface area (Å²) in [5.74, 6) is 0.335. The summed E-state index contributed by atoms with van der Waals surface area (Å²) in [4.78, 5) is 4.47. The lowest BCUT2D eigenvalue weighted by molar-refractivity contribution is 0.410. The fourth-order valence-corrected chi connectivity index (χ4v) is 4.14. The van der Waals surface area contributed by atoms with Gasteiger partial charge in [-0.25, -0.2) is 12.8 Å². The maximum Gasteiger partial charge on any atom is 0.243 e. The third-order valence-corrected chi connectivity index (χ3v) is 7.11. The van der Waals surface area contributed by atoms with E-state index in [2.05, 4.69) is 15.6 Å². The summed E-state index contributed by atoms with van der Waals surface area (Å²) in [7, 11) is -0.260. The molecule has 0 heterocycles. The molecular weight excluding hydrogens is 530 g/mol. The zero-order valence-corrected chi connectivity index (χ0v) is 22.0. The van der Waals surface area contributed by atoms with Crippen LogP contribution in [0.25, 0.3) is 0 Å². The normalized spacial score (nSPS) is 13.1. The number of nitrogens with one attached hydrogen (secondary N) is 2. The van der Waals surface area contributed by atoms with Crippen LogP contribution < -0.4 is 10.6 Å². The number of benzene rings is 2. The van der Waals surface area contributed by atoms with Gasteiger partial charge in [0.2, 0.25) is 10.0 Å². The number of sulfonamides is 1. The van der Waals surface area contributed by atoms with Crippen molar-refractivity contribution in [3.8, 4) is 0 Å². The number of halogens is 2. The van der Waals surface area contributed by atoms with Crippen LogP contribution in [0.5, 0.6) is 0 Å². The van der Waals surface area contributed by atoms with E-state index in [-0.39, 0.29) is 46.8 Å². The molecule has 2 aromatic rings. The molecule has 0 aliphatic rings. The summed E-state index contributed by atoms with van der Waals surface area (Å²) in [5.41, 5.74) is 2.35. The first-order valence-electron chi connectivity index (χ1n) is 9.86. The number of aryl methyl sites for hydroxylation is 1. The van der Waals surface area contributed by atoms with Crippen LogP contribution in [0.1, 0.15) is 43.5 Å². The van der Waals surface area contributed by atoms with Gasteiger partial charge in [-0.15, -0.1) is 24.0 Å². The van der Waals surface area contributed by atoms with Gasteiger partial charge in [0, 0.05) is 26.7 Å². The average Bonchev–Trinajstić information content (AvgIpc) is 2.72. The van der Waals surface area contributed by atoms with Gasteiger partial charge in [-0.05, 0) is 62.6 Å². The molecule has 0 saturated heterocycles. The SMILES string of the molecule is CN=C(NCc1ccc(S(=O)(=O)N(C)C(C)C)cc1)NC(C)c1ccc(C)c(F)c1.I. The van der Waals surface area contributed by atoms with E-state index in [1.54, 1.807) is 51.4 Å². The fourth-order valence-electron chi connectivity index (χ4n) is 2.77. The Labute approximate surface area is 202 Å². The molecular formula is C22H32FIN4O2S. The molecule has 9 heteroatoms. The summed E-state index contributed by atoms with van der Waals surface area (Å²) in [6.07, 6.45) is 0. The second-order valence-corrected chi connectivity index (χ2v) is 9.56. The lowest BCUT2D eigenvalue weighted by atomic mass is 10.1. The highest BCUT2D eigenvalue weighted by molar-refractivity contribution is 14.0. The summed E-state index contributed by atoms with van der Waals surface area (Å²) < 4.78 is 40.3. The van der Waals surface area contributed by atoms with Crippen LogP contribution >= 0.6 is 24.0 Å². The van der Waals surface area contributed by atoms with Crippen LogP contribution in [0, 0.1) is 12.7 Å². The summed E-state index contributed by atoms with van der Waals surface area (Å²) in [5, 5.41) is 6.43. The van der Waals surface area contributed by atoms with Gasteiger partial charge in [-0.3, -0.25) is 4.99 Å². The van der Waals surface area contributed by atoms with Gasteiger partial charge < -0.3 is 10.6 Å². The van der Waals surface area contributed by atoms with Crippen LogP contribution in [-0.2, 0) is 16.6 Å². The molecule has 6 nitrogen and oxygen atoms in total. The van der Waals surface area contributed by atoms with E-state index >= 15 is 0 Å². The Balaban J connectivity index is 0.00000480. The zero-order valence-electron chi connectivity index (χ0n) is 18.8. The molecule has 1 atom stereocenters. The van der Waals surface area contributed by atoms with E-state index in [1.165, 1.54) is 10.4 Å². The van der Waals surface area contributed by atoms with Crippen molar-refractivity contribution in [2.24, 2.45) is 4.99 Å². The third kappa shape index (κ3) is 7.15. The predicted molar refractivity (Wildman–Crippen MR) is 135 cm³/mol. The van der Waals surface area contributed by atoms with Crippen molar-refractivity contribution >= 4 is 40.0 Å². The van der Waals surface area contributed by atoms with Gasteiger partial charge in [0.05, 0.1) is 10.9 Å². The molecule has 2 aromatic carbocycles. The van der Waals surface area contributed by atoms with E-state index in [0.717, 1.165) is 11.1 Å². The maximum atomic E-state index is 13.8. The van der Waals surface area contributed by atoms with Gasteiger partial charge in [0.1, 0.15) is 5.82 Å². The molecule has 0 aliphatic carbocycles. The van der Waals surface area contributed by atoms with E-state index < -0.39 is 10.0 Å². The van der Waals surface area contributed by atoms with E-state index in [9.17, 15) is 12.8 Å². The monoisotopic (exact) mass is 562 g/mol. The molecule has 0 aromatic heterocycles. The predicted octanol–water partition coefficient (Wildman–Crippen LogP) is 4.21. The number of aliphatic imine (C=N–C) groups is 1. The first-order valence-corrected chi connectivity index (χ1v) is 11.3. The van der Waals surface area contributed by atoms with Gasteiger partial charge in [0.25, 0.3) is 0 Å². The Morgan fingerprint density at radius 2 is 1.74 bits per heavy atom. The lowest BCUT2D eigenvalue weighted by Crippen LogP contribution is -2.38. The highest BCUT2D eigenvalue weighted by Crippen LogP contribution is 2.18. The van der Waals surface area contributed by atoms with Crippen molar-refractivity contribution in [1.29, 1.82) is 0 Å². The molecule has 0 fully saturated rings. The molecule has 172 valence electrons. The molecule has 0 amide bonds. The molecule has 31 heavy (non-hydrogen) atoms. The zero-order chi connectivity index (χ0) is 22.5. The Morgan fingerprint density at radius 3 is 2.26 bits per heavy atom. The van der Waals surface area contributed by atoms with Crippen LogP contribution in [0.2, 0.25) is 0 Å². The summed E-state index contributed by atoms with van der Waals surface area (Å²) in [6, 6.07) is 11.7. The van der Waals surface area contributed by atoms with Gasteiger partial charge in [-0.2, -0.15) is 4.31 Å². The Hall–Kier alpha value is -1.72. The minimum absolute atomic E-state index is 0. The molecule has 0 bridgehead atoms. The van der Waals surface area contributed by atoms with E-state index in [1.807, 2.05) is 26.8 Å². The fraction of sp³-hybridized carbons (Fsp3) is 0.409. The van der Waals surface area contributed by atoms with Gasteiger partial charge in [0.15, 0.2) is 5.96 Å². The van der Waals surface area contributed by atoms with E-state index in [4.69, 9.17) is 0 Å². The Morgan fingerprint density at radius 1 is 1.13 bits per heavy atom. The van der Waals surface area contributed by atoms with Crippen molar-refractivity contribution in [3.63, 3.8) is 0 Å². The van der Waals surface area contributed by atoms with Crippen LogP contribution in [0.3, 0.4) is 0 Å².